The minimum atomic E-state index is 0.850. The topological polar surface area (TPSA) is 90.5 Å². The molecule has 0 amide bonds. The number of nitrogens with zero attached hydrogens (tertiary/aromatic N) is 6. The van der Waals surface area contributed by atoms with E-state index in [0.717, 1.165) is 134 Å². The van der Waals surface area contributed by atoms with E-state index >= 15 is 0 Å². The highest BCUT2D eigenvalue weighted by Gasteiger charge is 2.25. The number of hydrogen-bond donors (Lipinski definition) is 0. The highest BCUT2D eigenvalue weighted by Crippen LogP contribution is 2.48. The number of hydrogen-bond acceptors (Lipinski definition) is 7. The zero-order valence-corrected chi connectivity index (χ0v) is 74.1. The summed E-state index contributed by atoms with van der Waals surface area (Å²) in [4.78, 5) is 31.7. The van der Waals surface area contributed by atoms with Gasteiger partial charge < -0.3 is 4.42 Å². The van der Waals surface area contributed by atoms with Gasteiger partial charge in [0.25, 0.3) is 0 Å². The van der Waals surface area contributed by atoms with Crippen LogP contribution in [-0.2, 0) is 0 Å². The summed E-state index contributed by atoms with van der Waals surface area (Å²) in [5.74, 6) is 0. The predicted octanol–water partition coefficient (Wildman–Crippen LogP) is 35.1. The van der Waals surface area contributed by atoms with E-state index in [4.69, 9.17) is 34.3 Å². The number of fused-ring (bicyclic) bond motifs is 28. The van der Waals surface area contributed by atoms with Gasteiger partial charge in [-0.15, -0.1) is 0 Å². The van der Waals surface area contributed by atoms with Crippen molar-refractivity contribution >= 4 is 195 Å². The van der Waals surface area contributed by atoms with Crippen LogP contribution in [0.4, 0.5) is 0 Å². The van der Waals surface area contributed by atoms with E-state index in [-0.39, 0.29) is 0 Å². The summed E-state index contributed by atoms with van der Waals surface area (Å²) in [6.45, 7) is 0. The van der Waals surface area contributed by atoms with Crippen LogP contribution in [0.3, 0.4) is 0 Å². The van der Waals surface area contributed by atoms with Crippen LogP contribution in [0.5, 0.6) is 0 Å². The van der Waals surface area contributed by atoms with Crippen molar-refractivity contribution in [3.63, 3.8) is 0 Å². The molecule has 0 aliphatic heterocycles. The van der Waals surface area contributed by atoms with Gasteiger partial charge in [-0.25, -0.2) is 29.9 Å². The van der Waals surface area contributed by atoms with Crippen molar-refractivity contribution < 1.29 is 4.42 Å². The maximum atomic E-state index is 6.15. The normalized spacial score (nSPS) is 11.8. The first kappa shape index (κ1) is 78.5. The van der Waals surface area contributed by atoms with Crippen LogP contribution < -0.4 is 0 Å². The second-order valence-corrected chi connectivity index (χ2v) is 35.7. The summed E-state index contributed by atoms with van der Waals surface area (Å²) in [6.07, 6.45) is 0. The Balaban J connectivity index is 0.000000104. The summed E-state index contributed by atoms with van der Waals surface area (Å²) in [5.41, 5.74) is 23.3. The second-order valence-electron chi connectivity index (χ2n) is 35.7. The summed E-state index contributed by atoms with van der Waals surface area (Å²) in [7, 11) is 0. The molecule has 0 spiro atoms. The first-order valence-corrected chi connectivity index (χ1v) is 46.7. The molecule has 0 aliphatic carbocycles. The summed E-state index contributed by atoms with van der Waals surface area (Å²) in [5, 5.41) is 34.7. The van der Waals surface area contributed by atoms with E-state index in [1.165, 1.54) is 151 Å². The molecule has 0 fully saturated rings. The van der Waals surface area contributed by atoms with E-state index in [9.17, 15) is 0 Å². The first-order chi connectivity index (χ1) is 67.9. The molecule has 0 saturated heterocycles. The quantitative estimate of drug-likeness (QED) is 0.140. The molecule has 137 heavy (non-hydrogen) atoms. The second kappa shape index (κ2) is 32.3. The van der Waals surface area contributed by atoms with E-state index in [2.05, 4.69) is 425 Å². The molecule has 25 aromatic carbocycles. The fraction of sp³-hybridized carbons (Fsp3) is 0. The molecule has 29 aromatic rings. The molecule has 7 heteroatoms. The minimum absolute atomic E-state index is 0.850. The van der Waals surface area contributed by atoms with Gasteiger partial charge >= 0.3 is 0 Å². The van der Waals surface area contributed by atoms with Crippen LogP contribution in [0, 0.1) is 0 Å². The molecule has 634 valence electrons. The largest absolute Gasteiger partial charge is 0.456 e. The molecule has 0 bridgehead atoms. The van der Waals surface area contributed by atoms with E-state index in [1.807, 2.05) is 48.5 Å². The van der Waals surface area contributed by atoms with Gasteiger partial charge in [-0.05, 0) is 247 Å². The number of para-hydroxylation sites is 3. The zero-order chi connectivity index (χ0) is 90.1. The molecule has 4 heterocycles. The summed E-state index contributed by atoms with van der Waals surface area (Å²) >= 11 is 0. The third-order valence-corrected chi connectivity index (χ3v) is 27.8. The van der Waals surface area contributed by atoms with Crippen molar-refractivity contribution in [2.75, 3.05) is 0 Å². The van der Waals surface area contributed by atoms with Crippen molar-refractivity contribution in [1.82, 2.24) is 29.9 Å². The van der Waals surface area contributed by atoms with E-state index in [0.29, 0.717) is 0 Å². The summed E-state index contributed by atoms with van der Waals surface area (Å²) in [6, 6.07) is 168. The number of benzene rings is 25. The van der Waals surface area contributed by atoms with Crippen LogP contribution in [0.15, 0.2) is 478 Å². The average Bonchev–Trinajstić information content (AvgIpc) is 0.789. The van der Waals surface area contributed by atoms with Crippen LogP contribution in [0.1, 0.15) is 0 Å². The monoisotopic (exact) mass is 1740 g/mol. The summed E-state index contributed by atoms with van der Waals surface area (Å²) < 4.78 is 6.15. The van der Waals surface area contributed by atoms with Crippen molar-refractivity contribution in [2.45, 2.75) is 0 Å². The Hall–Kier alpha value is -18.3. The third-order valence-electron chi connectivity index (χ3n) is 27.8. The zero-order valence-electron chi connectivity index (χ0n) is 74.1. The van der Waals surface area contributed by atoms with Crippen molar-refractivity contribution in [2.24, 2.45) is 0 Å². The van der Waals surface area contributed by atoms with Gasteiger partial charge in [-0.3, -0.25) is 0 Å². The average molecular weight is 1740 g/mol. The van der Waals surface area contributed by atoms with Crippen molar-refractivity contribution in [3.05, 3.63) is 473 Å². The Morgan fingerprint density at radius 2 is 0.453 bits per heavy atom. The Kier molecular flexibility index (Phi) is 18.5. The fourth-order valence-corrected chi connectivity index (χ4v) is 21.4. The lowest BCUT2D eigenvalue weighted by Gasteiger charge is -2.16. The van der Waals surface area contributed by atoms with Gasteiger partial charge in [0.2, 0.25) is 0 Å². The van der Waals surface area contributed by atoms with Crippen LogP contribution in [0.2, 0.25) is 0 Å². The molecule has 0 saturated carbocycles. The maximum absolute atomic E-state index is 6.15. The molecule has 0 N–H and O–H groups in total. The van der Waals surface area contributed by atoms with Crippen LogP contribution in [0.25, 0.3) is 285 Å². The number of furan rings is 1. The van der Waals surface area contributed by atoms with Gasteiger partial charge in [0.05, 0.1) is 67.3 Å². The van der Waals surface area contributed by atoms with E-state index in [1.54, 1.807) is 0 Å². The Morgan fingerprint density at radius 3 is 1.01 bits per heavy atom. The molecule has 0 atom stereocenters. The molecular weight excluding hydrogens is 1660 g/mol. The molecule has 0 unspecified atom stereocenters. The molecule has 4 aromatic heterocycles. The number of aromatic nitrogens is 6. The smallest absolute Gasteiger partial charge is 0.135 e. The van der Waals surface area contributed by atoms with Crippen molar-refractivity contribution in [3.8, 4) is 89.8 Å². The van der Waals surface area contributed by atoms with Gasteiger partial charge in [0, 0.05) is 44.2 Å². The minimum Gasteiger partial charge on any atom is -0.456 e. The highest BCUT2D eigenvalue weighted by atomic mass is 16.3. The fourth-order valence-electron chi connectivity index (χ4n) is 21.4. The van der Waals surface area contributed by atoms with E-state index < -0.39 is 0 Å². The van der Waals surface area contributed by atoms with Crippen LogP contribution >= 0.6 is 0 Å². The van der Waals surface area contributed by atoms with Crippen molar-refractivity contribution in [1.29, 1.82) is 0 Å². The standard InChI is InChI=1S/C48H28N2O.C42H26N2.C40H24N2/c1-2-11-30(12-3-1)47-48(33-20-25-45-41(27-33)37-16-8-9-17-44(37)51-45)49-42-24-19-32(28-43(42)50-47)40-26-31-13-5-7-15-35(31)46-38-21-18-29-10-4-6-14-34(29)36(38)22-23-39(40)46;1-3-12-28(13-4-1)41-42(29-14-5-2-6-15-29)44-39-26-31(20-24-38(39)43-41)37-25-30-16-8-10-18-33(30)40-35-21-19-27-11-7-9-17-32(27)34(35)22-23-36(37)40;1-2-11-28-23-29(20-17-25(28)9-1)39-40(42-37-16-8-7-15-36(37)41-39)35-24-34-33(31-13-5-6-14-32(31)35)22-21-27-19-18-26-10-3-4-12-30(26)38(27)34/h1-28H;1-26H;1-24H. The van der Waals surface area contributed by atoms with Gasteiger partial charge in [0.15, 0.2) is 0 Å². The Bertz CT molecular complexity index is 10100. The lowest BCUT2D eigenvalue weighted by Crippen LogP contribution is -1.97. The lowest BCUT2D eigenvalue weighted by atomic mass is 9.89. The third kappa shape index (κ3) is 13.4. The molecular formula is C130H78N6O. The van der Waals surface area contributed by atoms with Gasteiger partial charge in [-0.1, -0.05) is 388 Å². The highest BCUT2D eigenvalue weighted by molar-refractivity contribution is 6.31. The first-order valence-electron chi connectivity index (χ1n) is 46.7. The van der Waals surface area contributed by atoms with Crippen LogP contribution in [-0.4, -0.2) is 29.9 Å². The molecule has 7 nitrogen and oxygen atoms in total. The Labute approximate surface area is 786 Å². The molecule has 0 aliphatic rings. The number of rotatable bonds is 8. The molecule has 29 rings (SSSR count). The SMILES string of the molecule is c1ccc(-c2nc3cc(-c4cc5ccccc5c5c4ccc4c6ccccc6ccc45)ccc3nc2-c2ccc3oc4ccccc4c3c2)cc1.c1ccc(-c2nc3ccc(-c4cc5ccccc5c5c4ccc4c6ccccc6ccc45)cc3nc2-c2ccccc2)cc1.c1ccc2cc(-c3nc4ccccc4nc3-c3cc4c(ccc5ccc6ccccc6c54)c4ccccc34)ccc2c1. The Morgan fingerprint density at radius 1 is 0.124 bits per heavy atom. The van der Waals surface area contributed by atoms with Gasteiger partial charge in [-0.2, -0.15) is 0 Å². The molecule has 0 radical (unpaired) electrons. The maximum Gasteiger partial charge on any atom is 0.135 e. The predicted molar refractivity (Wildman–Crippen MR) is 577 cm³/mol. The lowest BCUT2D eigenvalue weighted by molar-refractivity contribution is 0.669. The van der Waals surface area contributed by atoms with Gasteiger partial charge in [0.1, 0.15) is 11.2 Å².